The van der Waals surface area contributed by atoms with Gasteiger partial charge in [-0.2, -0.15) is 24.6 Å². The second kappa shape index (κ2) is 7.71. The molecule has 18 heavy (non-hydrogen) atoms. The number of nitrogens with zero attached hydrogens (tertiary/aromatic N) is 1. The van der Waals surface area contributed by atoms with Crippen LogP contribution in [-0.4, -0.2) is 0 Å². The maximum atomic E-state index is 3.90. The molecule has 0 atom stereocenters. The quantitative estimate of drug-likeness (QED) is 0.603. The summed E-state index contributed by atoms with van der Waals surface area (Å²) in [7, 11) is 0. The van der Waals surface area contributed by atoms with Crippen LogP contribution in [0, 0.1) is 6.92 Å². The zero-order valence-corrected chi connectivity index (χ0v) is 13.8. The third kappa shape index (κ3) is 4.55. The van der Waals surface area contributed by atoms with Crippen LogP contribution in [0.25, 0.3) is 0 Å². The third-order valence-electron chi connectivity index (χ3n) is 3.05. The van der Waals surface area contributed by atoms with E-state index in [9.17, 15) is 0 Å². The van der Waals surface area contributed by atoms with Crippen molar-refractivity contribution in [1.82, 2.24) is 0 Å². The normalized spacial score (nSPS) is 9.83. The van der Waals surface area contributed by atoms with E-state index in [0.717, 1.165) is 24.9 Å². The van der Waals surface area contributed by atoms with E-state index in [1.807, 2.05) is 0 Å². The van der Waals surface area contributed by atoms with Gasteiger partial charge in [0.1, 0.15) is 6.54 Å². The molecule has 1 aromatic carbocycles. The van der Waals surface area contributed by atoms with Gasteiger partial charge in [-0.25, -0.2) is 4.57 Å². The molecule has 1 nitrogen and oxygen atoms in total. The molecule has 1 aromatic heterocycles. The topological polar surface area (TPSA) is 3.88 Å². The van der Waals surface area contributed by atoms with Crippen molar-refractivity contribution in [3.63, 3.8) is 0 Å². The molecule has 0 unspecified atom stereocenters. The molecule has 91 valence electrons. The summed E-state index contributed by atoms with van der Waals surface area (Å²) in [6.07, 6.45) is 6.49. The molecule has 1 heterocycles. The molecule has 0 saturated carbocycles. The Labute approximate surface area is 135 Å². The third-order valence-corrected chi connectivity index (χ3v) is 3.05. The Balaban J connectivity index is 0.00000162. The Morgan fingerprint density at radius 2 is 1.39 bits per heavy atom. The smallest absolute Gasteiger partial charge is 0.169 e. The fourth-order valence-corrected chi connectivity index (χ4v) is 1.86. The van der Waals surface area contributed by atoms with Gasteiger partial charge < -0.3 is 0 Å². The molecule has 2 heteroatoms. The number of aromatic nitrogens is 1. The van der Waals surface area contributed by atoms with E-state index in [0.29, 0.717) is 0 Å². The van der Waals surface area contributed by atoms with E-state index in [-0.39, 0.29) is 32.7 Å². The fourth-order valence-electron chi connectivity index (χ4n) is 1.86. The summed E-state index contributed by atoms with van der Waals surface area (Å²) in [5.41, 5.74) is 3.86. The monoisotopic (exact) mass is 314 g/mol. The molecule has 0 fully saturated rings. The zero-order valence-electron chi connectivity index (χ0n) is 11.0. The van der Waals surface area contributed by atoms with Gasteiger partial charge >= 0.3 is 0 Å². The minimum Gasteiger partial charge on any atom is -0.205 e. The van der Waals surface area contributed by atoms with Crippen molar-refractivity contribution >= 4 is 0 Å². The summed E-state index contributed by atoms with van der Waals surface area (Å²) in [6, 6.07) is 12.9. The van der Waals surface area contributed by atoms with E-state index in [1.165, 1.54) is 11.1 Å². The van der Waals surface area contributed by atoms with Crippen molar-refractivity contribution in [2.45, 2.75) is 26.3 Å². The van der Waals surface area contributed by atoms with Crippen molar-refractivity contribution in [3.05, 3.63) is 72.4 Å². The van der Waals surface area contributed by atoms with Crippen LogP contribution in [0.3, 0.4) is 0 Å². The van der Waals surface area contributed by atoms with Gasteiger partial charge in [0.15, 0.2) is 12.4 Å². The number of benzene rings is 1. The number of hydrogen-bond donors (Lipinski definition) is 0. The number of aryl methyl sites for hydroxylation is 3. The molecule has 0 aliphatic carbocycles. The van der Waals surface area contributed by atoms with Crippen molar-refractivity contribution < 1.29 is 37.3 Å². The van der Waals surface area contributed by atoms with Gasteiger partial charge in [-0.15, -0.1) is 12.1 Å². The Kier molecular flexibility index (Phi) is 6.59. The Bertz CT molecular complexity index is 459. The standard InChI is InChI=1S/C16H19N.Y/c1-3-17-12-10-16(11-13-17)9-8-15-6-4-14(2)5-7-15;/h4-7,10-13H,2-3,8-9H2,1H3;. The molecule has 2 rings (SSSR count). The van der Waals surface area contributed by atoms with E-state index >= 15 is 0 Å². The van der Waals surface area contributed by atoms with Gasteiger partial charge in [-0.1, -0.05) is 5.56 Å². The summed E-state index contributed by atoms with van der Waals surface area (Å²) in [5, 5.41) is 0. The zero-order chi connectivity index (χ0) is 12.1. The Morgan fingerprint density at radius 3 is 1.89 bits per heavy atom. The molecule has 0 bridgehead atoms. The molecule has 0 aliphatic rings. The maximum absolute atomic E-state index is 3.90. The van der Waals surface area contributed by atoms with Crippen molar-refractivity contribution in [2.24, 2.45) is 0 Å². The Morgan fingerprint density at radius 1 is 0.889 bits per heavy atom. The number of hydrogen-bond acceptors (Lipinski definition) is 0. The first-order chi connectivity index (χ1) is 8.28. The average molecular weight is 314 g/mol. The van der Waals surface area contributed by atoms with Gasteiger partial charge in [-0.3, -0.25) is 0 Å². The first-order valence-electron chi connectivity index (χ1n) is 6.17. The van der Waals surface area contributed by atoms with Crippen LogP contribution in [-0.2, 0) is 52.1 Å². The van der Waals surface area contributed by atoms with Crippen molar-refractivity contribution in [1.29, 1.82) is 0 Å². The van der Waals surface area contributed by atoms with Crippen molar-refractivity contribution in [3.8, 4) is 0 Å². The molecule has 0 amide bonds. The number of pyridine rings is 1. The van der Waals surface area contributed by atoms with Crippen LogP contribution < -0.4 is 4.57 Å². The maximum Gasteiger partial charge on any atom is 0.169 e. The molecule has 0 N–H and O–H groups in total. The van der Waals surface area contributed by atoms with Gasteiger partial charge in [-0.05, 0) is 25.3 Å². The van der Waals surface area contributed by atoms with Crippen LogP contribution in [0.2, 0.25) is 0 Å². The van der Waals surface area contributed by atoms with Crippen LogP contribution in [0.4, 0.5) is 0 Å². The summed E-state index contributed by atoms with van der Waals surface area (Å²) < 4.78 is 2.18. The summed E-state index contributed by atoms with van der Waals surface area (Å²) >= 11 is 0. The molecule has 2 aromatic rings. The predicted molar refractivity (Wildman–Crippen MR) is 70.6 cm³/mol. The van der Waals surface area contributed by atoms with Crippen LogP contribution in [0.1, 0.15) is 23.6 Å². The summed E-state index contributed by atoms with van der Waals surface area (Å²) in [5.74, 6) is 0. The summed E-state index contributed by atoms with van der Waals surface area (Å²) in [6.45, 7) is 7.08. The minimum atomic E-state index is 0. The number of rotatable bonds is 4. The SMILES string of the molecule is [CH2-]c1ccc(CCc2cc[n+](CC)cc2)cc1.[Y]. The largest absolute Gasteiger partial charge is 0.205 e. The Hall–Kier alpha value is -0.656. The first-order valence-corrected chi connectivity index (χ1v) is 6.17. The molecular formula is C16H19NY. The predicted octanol–water partition coefficient (Wildman–Crippen LogP) is 2.96. The van der Waals surface area contributed by atoms with E-state index < -0.39 is 0 Å². The molecule has 0 aliphatic heterocycles. The summed E-state index contributed by atoms with van der Waals surface area (Å²) in [4.78, 5) is 0. The van der Waals surface area contributed by atoms with E-state index in [4.69, 9.17) is 0 Å². The van der Waals surface area contributed by atoms with Crippen LogP contribution in [0.5, 0.6) is 0 Å². The van der Waals surface area contributed by atoms with Gasteiger partial charge in [0.05, 0.1) is 0 Å². The second-order valence-corrected chi connectivity index (χ2v) is 4.35. The minimum absolute atomic E-state index is 0. The molecule has 0 saturated heterocycles. The second-order valence-electron chi connectivity index (χ2n) is 4.35. The van der Waals surface area contributed by atoms with E-state index in [2.05, 4.69) is 67.2 Å². The van der Waals surface area contributed by atoms with Gasteiger partial charge in [0, 0.05) is 44.8 Å². The molecule has 1 radical (unpaired) electrons. The molecular weight excluding hydrogens is 295 g/mol. The average Bonchev–Trinajstić information content (AvgIpc) is 2.39. The van der Waals surface area contributed by atoms with Crippen LogP contribution in [0.15, 0.2) is 48.8 Å². The first kappa shape index (κ1) is 15.4. The van der Waals surface area contributed by atoms with Crippen LogP contribution >= 0.6 is 0 Å². The fraction of sp³-hybridized carbons (Fsp3) is 0.250. The van der Waals surface area contributed by atoms with Gasteiger partial charge in [0.2, 0.25) is 0 Å². The molecule has 0 spiro atoms. The van der Waals surface area contributed by atoms with E-state index in [1.54, 1.807) is 0 Å². The van der Waals surface area contributed by atoms with Crippen molar-refractivity contribution in [2.75, 3.05) is 0 Å². The van der Waals surface area contributed by atoms with Gasteiger partial charge in [0.25, 0.3) is 0 Å².